The average molecular weight is 344 g/mol. The number of nitrogens with zero attached hydrogens (tertiary/aromatic N) is 1. The Morgan fingerprint density at radius 3 is 2.65 bits per heavy atom. The number of rotatable bonds is 3. The Hall–Kier alpha value is -1.35. The topological polar surface area (TPSA) is 3.24 Å². The van der Waals surface area contributed by atoms with Gasteiger partial charge in [0.1, 0.15) is 0 Å². The van der Waals surface area contributed by atoms with Crippen LogP contribution >= 0.6 is 23.7 Å². The van der Waals surface area contributed by atoms with Gasteiger partial charge in [0, 0.05) is 16.7 Å². The van der Waals surface area contributed by atoms with Gasteiger partial charge in [-0.2, -0.15) is 0 Å². The smallest absolute Gasteiger partial charge is 0.0342 e. The highest BCUT2D eigenvalue weighted by molar-refractivity contribution is 7.17. The van der Waals surface area contributed by atoms with E-state index in [1.54, 1.807) is 0 Å². The summed E-state index contributed by atoms with van der Waals surface area (Å²) in [6.07, 6.45) is 2.38. The Labute approximate surface area is 148 Å². The van der Waals surface area contributed by atoms with Crippen molar-refractivity contribution in [3.63, 3.8) is 0 Å². The minimum absolute atomic E-state index is 0. The number of likely N-dealkylation sites (tertiary alicyclic amines) is 1. The van der Waals surface area contributed by atoms with E-state index in [0.29, 0.717) is 0 Å². The van der Waals surface area contributed by atoms with Gasteiger partial charge in [0.05, 0.1) is 0 Å². The first-order valence-corrected chi connectivity index (χ1v) is 8.83. The molecule has 1 fully saturated rings. The van der Waals surface area contributed by atoms with Crippen molar-refractivity contribution in [3.8, 4) is 0 Å². The van der Waals surface area contributed by atoms with Crippen molar-refractivity contribution in [2.75, 3.05) is 20.1 Å². The van der Waals surface area contributed by atoms with Crippen LogP contribution < -0.4 is 0 Å². The maximum Gasteiger partial charge on any atom is 0.0342 e. The predicted octanol–water partition coefficient (Wildman–Crippen LogP) is 5.14. The number of likely N-dealkylation sites (N-methyl/N-ethyl adjacent to an activating group) is 1. The van der Waals surface area contributed by atoms with E-state index in [9.17, 15) is 0 Å². The molecule has 4 rings (SSSR count). The predicted molar refractivity (Wildman–Crippen MR) is 103 cm³/mol. The normalized spacial score (nSPS) is 21.4. The Kier molecular flexibility index (Phi) is 4.77. The number of hydrogen-bond donors (Lipinski definition) is 0. The van der Waals surface area contributed by atoms with Gasteiger partial charge >= 0.3 is 0 Å². The minimum Gasteiger partial charge on any atom is -0.305 e. The third-order valence-electron chi connectivity index (χ3n) is 4.99. The first-order valence-electron chi connectivity index (χ1n) is 7.95. The third kappa shape index (κ3) is 3.16. The lowest BCUT2D eigenvalue weighted by atomic mass is 9.74. The molecule has 1 aliphatic rings. The van der Waals surface area contributed by atoms with Gasteiger partial charge in [-0.15, -0.1) is 23.7 Å². The SMILES string of the molecule is CN1CCC(Cc2ccccc2)(c2ccc3sccc3c2)C1.Cl. The summed E-state index contributed by atoms with van der Waals surface area (Å²) in [5, 5.41) is 3.59. The number of fused-ring (bicyclic) bond motifs is 1. The molecule has 1 aromatic heterocycles. The van der Waals surface area contributed by atoms with Crippen LogP contribution in [0.4, 0.5) is 0 Å². The van der Waals surface area contributed by atoms with Crippen molar-refractivity contribution < 1.29 is 0 Å². The average Bonchev–Trinajstić information content (AvgIpc) is 3.15. The Bertz CT molecular complexity index is 782. The van der Waals surface area contributed by atoms with E-state index in [0.717, 1.165) is 13.0 Å². The maximum atomic E-state index is 2.47. The van der Waals surface area contributed by atoms with Gasteiger partial charge in [-0.25, -0.2) is 0 Å². The molecule has 1 nitrogen and oxygen atoms in total. The lowest BCUT2D eigenvalue weighted by Crippen LogP contribution is -2.32. The fourth-order valence-corrected chi connectivity index (χ4v) is 4.62. The molecule has 3 heteroatoms. The second kappa shape index (κ2) is 6.64. The van der Waals surface area contributed by atoms with E-state index in [-0.39, 0.29) is 17.8 Å². The highest BCUT2D eigenvalue weighted by atomic mass is 35.5. The summed E-state index contributed by atoms with van der Waals surface area (Å²) in [6.45, 7) is 2.34. The Balaban J connectivity index is 0.00000156. The molecule has 2 aromatic carbocycles. The second-order valence-electron chi connectivity index (χ2n) is 6.60. The van der Waals surface area contributed by atoms with E-state index in [1.807, 2.05) is 11.3 Å². The molecular formula is C20H22ClNS. The van der Waals surface area contributed by atoms with Crippen molar-refractivity contribution in [1.82, 2.24) is 4.90 Å². The summed E-state index contributed by atoms with van der Waals surface area (Å²) in [4.78, 5) is 2.47. The van der Waals surface area contributed by atoms with Crippen LogP contribution in [-0.2, 0) is 11.8 Å². The van der Waals surface area contributed by atoms with Crippen molar-refractivity contribution >= 4 is 33.8 Å². The summed E-state index contributed by atoms with van der Waals surface area (Å²) in [5.74, 6) is 0. The number of halogens is 1. The van der Waals surface area contributed by atoms with Crippen LogP contribution in [0.15, 0.2) is 60.0 Å². The molecule has 3 aromatic rings. The first kappa shape index (κ1) is 16.5. The molecule has 0 saturated carbocycles. The Morgan fingerprint density at radius 1 is 1.09 bits per heavy atom. The quantitative estimate of drug-likeness (QED) is 0.636. The summed E-state index contributed by atoms with van der Waals surface area (Å²) in [7, 11) is 2.25. The highest BCUT2D eigenvalue weighted by Gasteiger charge is 2.38. The fraction of sp³-hybridized carbons (Fsp3) is 0.300. The molecule has 1 aliphatic heterocycles. The van der Waals surface area contributed by atoms with Gasteiger partial charge < -0.3 is 4.90 Å². The molecule has 1 saturated heterocycles. The zero-order valence-corrected chi connectivity index (χ0v) is 15.0. The van der Waals surface area contributed by atoms with Crippen LogP contribution in [0.1, 0.15) is 17.5 Å². The Morgan fingerprint density at radius 2 is 1.91 bits per heavy atom. The molecule has 0 amide bonds. The number of thiophene rings is 1. The van der Waals surface area contributed by atoms with E-state index in [1.165, 1.54) is 34.2 Å². The lowest BCUT2D eigenvalue weighted by molar-refractivity contribution is 0.366. The molecule has 0 radical (unpaired) electrons. The van der Waals surface area contributed by atoms with Gasteiger partial charge in [-0.05, 0) is 66.5 Å². The van der Waals surface area contributed by atoms with Crippen LogP contribution in [0.25, 0.3) is 10.1 Å². The molecule has 0 aliphatic carbocycles. The van der Waals surface area contributed by atoms with E-state index in [2.05, 4.69) is 71.9 Å². The number of hydrogen-bond acceptors (Lipinski definition) is 2. The van der Waals surface area contributed by atoms with Crippen molar-refractivity contribution in [2.24, 2.45) is 0 Å². The molecule has 120 valence electrons. The molecule has 1 atom stereocenters. The molecule has 0 spiro atoms. The van der Waals surface area contributed by atoms with Gasteiger partial charge in [0.15, 0.2) is 0 Å². The molecule has 1 unspecified atom stereocenters. The monoisotopic (exact) mass is 343 g/mol. The van der Waals surface area contributed by atoms with E-state index < -0.39 is 0 Å². The second-order valence-corrected chi connectivity index (χ2v) is 7.55. The highest BCUT2D eigenvalue weighted by Crippen LogP contribution is 2.39. The van der Waals surface area contributed by atoms with Crippen LogP contribution in [0, 0.1) is 0 Å². The van der Waals surface area contributed by atoms with Crippen LogP contribution in [0.5, 0.6) is 0 Å². The van der Waals surface area contributed by atoms with Crippen molar-refractivity contribution in [3.05, 3.63) is 71.1 Å². The van der Waals surface area contributed by atoms with Gasteiger partial charge in [-0.1, -0.05) is 36.4 Å². The molecule has 0 bridgehead atoms. The van der Waals surface area contributed by atoms with Crippen molar-refractivity contribution in [1.29, 1.82) is 0 Å². The van der Waals surface area contributed by atoms with Crippen molar-refractivity contribution in [2.45, 2.75) is 18.3 Å². The zero-order chi connectivity index (χ0) is 15.0. The molecule has 23 heavy (non-hydrogen) atoms. The van der Waals surface area contributed by atoms with Crippen LogP contribution in [0.2, 0.25) is 0 Å². The standard InChI is InChI=1S/C20H21NS.ClH/c1-21-11-10-20(15-21,14-16-5-3-2-4-6-16)18-7-8-19-17(13-18)9-12-22-19;/h2-9,12-13H,10-11,14-15H2,1H3;1H. The molecule has 0 N–H and O–H groups in total. The first-order chi connectivity index (χ1) is 10.8. The summed E-state index contributed by atoms with van der Waals surface area (Å²) < 4.78 is 1.39. The zero-order valence-electron chi connectivity index (χ0n) is 13.4. The van der Waals surface area contributed by atoms with Crippen LogP contribution in [0.3, 0.4) is 0 Å². The minimum atomic E-state index is 0. The molecular weight excluding hydrogens is 322 g/mol. The fourth-order valence-electron chi connectivity index (χ4n) is 3.84. The van der Waals surface area contributed by atoms with E-state index in [4.69, 9.17) is 0 Å². The van der Waals surface area contributed by atoms with Gasteiger partial charge in [0.2, 0.25) is 0 Å². The van der Waals surface area contributed by atoms with Gasteiger partial charge in [-0.3, -0.25) is 0 Å². The summed E-state index contributed by atoms with van der Waals surface area (Å²) >= 11 is 1.83. The van der Waals surface area contributed by atoms with E-state index >= 15 is 0 Å². The maximum absolute atomic E-state index is 2.47. The largest absolute Gasteiger partial charge is 0.305 e. The van der Waals surface area contributed by atoms with Crippen LogP contribution in [-0.4, -0.2) is 25.0 Å². The summed E-state index contributed by atoms with van der Waals surface area (Å²) in [5.41, 5.74) is 3.21. The lowest BCUT2D eigenvalue weighted by Gasteiger charge is -2.30. The summed E-state index contributed by atoms with van der Waals surface area (Å²) in [6, 6.07) is 20.3. The number of benzene rings is 2. The van der Waals surface area contributed by atoms with Gasteiger partial charge in [0.25, 0.3) is 0 Å². The third-order valence-corrected chi connectivity index (χ3v) is 5.89. The molecule has 2 heterocycles.